The van der Waals surface area contributed by atoms with Gasteiger partial charge in [-0.15, -0.1) is 0 Å². The third kappa shape index (κ3) is 3.04. The molecular weight excluding hydrogens is 254 g/mol. The highest BCUT2D eigenvalue weighted by molar-refractivity contribution is 5.86. The summed E-state index contributed by atoms with van der Waals surface area (Å²) in [6.07, 6.45) is 0.690. The Labute approximate surface area is 116 Å². The number of aromatic nitrogens is 1. The van der Waals surface area contributed by atoms with Crippen LogP contribution in [0.1, 0.15) is 25.3 Å². The van der Waals surface area contributed by atoms with Crippen molar-refractivity contribution in [1.82, 2.24) is 4.98 Å². The number of fused-ring (bicyclic) bond motifs is 1. The molecule has 5 nitrogen and oxygen atoms in total. The first-order valence-electron chi connectivity index (χ1n) is 6.42. The second-order valence-electron chi connectivity index (χ2n) is 4.53. The summed E-state index contributed by atoms with van der Waals surface area (Å²) < 4.78 is 0. The molecule has 2 N–H and O–H groups in total. The molecule has 102 valence electrons. The lowest BCUT2D eigenvalue weighted by Crippen LogP contribution is -2.22. The van der Waals surface area contributed by atoms with Crippen LogP contribution in [0.3, 0.4) is 0 Å². The third-order valence-corrected chi connectivity index (χ3v) is 3.10. The van der Waals surface area contributed by atoms with E-state index in [0.29, 0.717) is 17.8 Å². The molecule has 2 rings (SSSR count). The lowest BCUT2D eigenvalue weighted by Gasteiger charge is -2.16. The summed E-state index contributed by atoms with van der Waals surface area (Å²) in [7, 11) is 0. The highest BCUT2D eigenvalue weighted by atomic mass is 16.4. The number of hydrogen-bond donors (Lipinski definition) is 2. The SMILES string of the molecule is CCC(CC(=O)O)Nc1cc(C#N)c2ccccc2n1. The van der Waals surface area contributed by atoms with Crippen LogP contribution in [0.2, 0.25) is 0 Å². The fraction of sp³-hybridized carbons (Fsp3) is 0.267. The van der Waals surface area contributed by atoms with Crippen LogP contribution >= 0.6 is 0 Å². The largest absolute Gasteiger partial charge is 0.481 e. The molecule has 1 aromatic carbocycles. The molecule has 0 amide bonds. The van der Waals surface area contributed by atoms with E-state index in [2.05, 4.69) is 16.4 Å². The van der Waals surface area contributed by atoms with E-state index in [4.69, 9.17) is 5.11 Å². The lowest BCUT2D eigenvalue weighted by atomic mass is 10.1. The van der Waals surface area contributed by atoms with Crippen LogP contribution in [0, 0.1) is 11.3 Å². The number of carbonyl (C=O) groups is 1. The van der Waals surface area contributed by atoms with Crippen molar-refractivity contribution in [3.63, 3.8) is 0 Å². The molecule has 0 fully saturated rings. The number of benzene rings is 1. The van der Waals surface area contributed by atoms with Gasteiger partial charge >= 0.3 is 5.97 Å². The zero-order chi connectivity index (χ0) is 14.5. The number of anilines is 1. The Kier molecular flexibility index (Phi) is 4.16. The van der Waals surface area contributed by atoms with Gasteiger partial charge in [0.15, 0.2) is 0 Å². The highest BCUT2D eigenvalue weighted by Gasteiger charge is 2.13. The topological polar surface area (TPSA) is 86.0 Å². The molecule has 0 aliphatic carbocycles. The predicted molar refractivity (Wildman–Crippen MR) is 76.4 cm³/mol. The third-order valence-electron chi connectivity index (χ3n) is 3.10. The number of pyridine rings is 1. The van der Waals surface area contributed by atoms with Gasteiger partial charge in [0.1, 0.15) is 5.82 Å². The standard InChI is InChI=1S/C15H15N3O2/c1-2-11(8-15(19)20)17-14-7-10(9-16)12-5-3-4-6-13(12)18-14/h3-7,11H,2,8H2,1H3,(H,17,18)(H,19,20). The van der Waals surface area contributed by atoms with Crippen LogP contribution in [-0.2, 0) is 4.79 Å². The van der Waals surface area contributed by atoms with Gasteiger partial charge in [0.2, 0.25) is 0 Å². The fourth-order valence-corrected chi connectivity index (χ4v) is 2.06. The van der Waals surface area contributed by atoms with E-state index >= 15 is 0 Å². The minimum Gasteiger partial charge on any atom is -0.481 e. The summed E-state index contributed by atoms with van der Waals surface area (Å²) >= 11 is 0. The van der Waals surface area contributed by atoms with Crippen molar-refractivity contribution in [2.45, 2.75) is 25.8 Å². The molecule has 1 heterocycles. The van der Waals surface area contributed by atoms with E-state index in [1.165, 1.54) is 0 Å². The summed E-state index contributed by atoms with van der Waals surface area (Å²) in [5.41, 5.74) is 1.25. The van der Waals surface area contributed by atoms with E-state index in [1.54, 1.807) is 6.07 Å². The number of nitrogens with zero attached hydrogens (tertiary/aromatic N) is 2. The minimum atomic E-state index is -0.856. The highest BCUT2D eigenvalue weighted by Crippen LogP contribution is 2.21. The molecule has 0 aliphatic rings. The summed E-state index contributed by atoms with van der Waals surface area (Å²) in [6.45, 7) is 1.91. The maximum absolute atomic E-state index is 10.8. The Morgan fingerprint density at radius 2 is 2.25 bits per heavy atom. The molecule has 0 bridgehead atoms. The Morgan fingerprint density at radius 3 is 2.90 bits per heavy atom. The number of para-hydroxylation sites is 1. The zero-order valence-electron chi connectivity index (χ0n) is 11.1. The van der Waals surface area contributed by atoms with Crippen LogP contribution in [0.25, 0.3) is 10.9 Å². The first-order valence-corrected chi connectivity index (χ1v) is 6.42. The minimum absolute atomic E-state index is 0.0207. The van der Waals surface area contributed by atoms with Gasteiger partial charge in [0.05, 0.1) is 23.6 Å². The molecule has 1 atom stereocenters. The average molecular weight is 269 g/mol. The smallest absolute Gasteiger partial charge is 0.305 e. The van der Waals surface area contributed by atoms with E-state index in [9.17, 15) is 10.1 Å². The molecule has 0 saturated carbocycles. The van der Waals surface area contributed by atoms with E-state index in [1.807, 2.05) is 31.2 Å². The van der Waals surface area contributed by atoms with Crippen LogP contribution in [0.4, 0.5) is 5.82 Å². The number of aliphatic carboxylic acids is 1. The van der Waals surface area contributed by atoms with Crippen molar-refractivity contribution in [2.24, 2.45) is 0 Å². The summed E-state index contributed by atoms with van der Waals surface area (Å²) in [4.78, 5) is 15.2. The van der Waals surface area contributed by atoms with E-state index in [-0.39, 0.29) is 12.5 Å². The number of carboxylic acids is 1. The first-order chi connectivity index (χ1) is 9.63. The molecule has 0 radical (unpaired) electrons. The lowest BCUT2D eigenvalue weighted by molar-refractivity contribution is -0.137. The van der Waals surface area contributed by atoms with Gasteiger partial charge in [-0.2, -0.15) is 5.26 Å². The van der Waals surface area contributed by atoms with Crippen LogP contribution in [0.5, 0.6) is 0 Å². The maximum Gasteiger partial charge on any atom is 0.305 e. The van der Waals surface area contributed by atoms with Crippen LogP contribution in [0.15, 0.2) is 30.3 Å². The molecule has 0 saturated heterocycles. The molecule has 1 unspecified atom stereocenters. The van der Waals surface area contributed by atoms with Crippen molar-refractivity contribution in [3.8, 4) is 6.07 Å². The van der Waals surface area contributed by atoms with Gasteiger partial charge in [0, 0.05) is 11.4 Å². The zero-order valence-corrected chi connectivity index (χ0v) is 11.1. The Bertz CT molecular complexity index is 676. The molecule has 0 spiro atoms. The molecule has 0 aliphatic heterocycles. The summed E-state index contributed by atoms with van der Waals surface area (Å²) in [6, 6.07) is 11.0. The van der Waals surface area contributed by atoms with Crippen LogP contribution in [-0.4, -0.2) is 22.1 Å². The fourth-order valence-electron chi connectivity index (χ4n) is 2.06. The van der Waals surface area contributed by atoms with Crippen LogP contribution < -0.4 is 5.32 Å². The van der Waals surface area contributed by atoms with Crippen molar-refractivity contribution in [2.75, 3.05) is 5.32 Å². The van der Waals surface area contributed by atoms with Gasteiger partial charge < -0.3 is 10.4 Å². The Morgan fingerprint density at radius 1 is 1.50 bits per heavy atom. The van der Waals surface area contributed by atoms with Gasteiger partial charge in [0.25, 0.3) is 0 Å². The monoisotopic (exact) mass is 269 g/mol. The number of rotatable bonds is 5. The van der Waals surface area contributed by atoms with Crippen molar-refractivity contribution >= 4 is 22.7 Å². The number of nitrogens with one attached hydrogen (secondary N) is 1. The Hall–Kier alpha value is -2.61. The number of nitriles is 1. The van der Waals surface area contributed by atoms with Gasteiger partial charge in [-0.1, -0.05) is 25.1 Å². The quantitative estimate of drug-likeness (QED) is 0.871. The Balaban J connectivity index is 2.35. The van der Waals surface area contributed by atoms with Gasteiger partial charge in [-0.25, -0.2) is 4.98 Å². The molecular formula is C15H15N3O2. The second-order valence-corrected chi connectivity index (χ2v) is 4.53. The maximum atomic E-state index is 10.8. The summed E-state index contributed by atoms with van der Waals surface area (Å²) in [5, 5.41) is 21.9. The molecule has 1 aromatic heterocycles. The van der Waals surface area contributed by atoms with Gasteiger partial charge in [-0.05, 0) is 18.6 Å². The predicted octanol–water partition coefficient (Wildman–Crippen LogP) is 2.77. The van der Waals surface area contributed by atoms with Crippen molar-refractivity contribution in [3.05, 3.63) is 35.9 Å². The van der Waals surface area contributed by atoms with Crippen molar-refractivity contribution < 1.29 is 9.90 Å². The molecule has 5 heteroatoms. The summed E-state index contributed by atoms with van der Waals surface area (Å²) in [5.74, 6) is -0.320. The van der Waals surface area contributed by atoms with Gasteiger partial charge in [-0.3, -0.25) is 4.79 Å². The average Bonchev–Trinajstić information content (AvgIpc) is 2.45. The van der Waals surface area contributed by atoms with Crippen molar-refractivity contribution in [1.29, 1.82) is 5.26 Å². The normalized spacial score (nSPS) is 11.8. The molecule has 20 heavy (non-hydrogen) atoms. The second kappa shape index (κ2) is 6.02. The first kappa shape index (κ1) is 13.8. The van der Waals surface area contributed by atoms with E-state index in [0.717, 1.165) is 10.9 Å². The van der Waals surface area contributed by atoms with E-state index < -0.39 is 5.97 Å². The molecule has 2 aromatic rings. The number of hydrogen-bond acceptors (Lipinski definition) is 4. The number of carboxylic acid groups (broad SMARTS) is 1.